The molecular formula is C14H20N2O2. The molecule has 0 saturated heterocycles. The van der Waals surface area contributed by atoms with Crippen LogP contribution in [0.1, 0.15) is 13.8 Å². The van der Waals surface area contributed by atoms with Crippen LogP contribution in [-0.2, 0) is 0 Å². The summed E-state index contributed by atoms with van der Waals surface area (Å²) >= 11 is 0. The van der Waals surface area contributed by atoms with Crippen molar-refractivity contribution in [2.24, 2.45) is 0 Å². The summed E-state index contributed by atoms with van der Waals surface area (Å²) in [5.74, 6) is 0. The van der Waals surface area contributed by atoms with Gasteiger partial charge in [0.15, 0.2) is 6.23 Å². The third kappa shape index (κ3) is 2.90. The molecule has 98 valence electrons. The molecule has 0 aliphatic carbocycles. The minimum absolute atomic E-state index is 0.225. The van der Waals surface area contributed by atoms with Crippen LogP contribution in [0.2, 0.25) is 0 Å². The second-order valence-electron chi connectivity index (χ2n) is 4.38. The summed E-state index contributed by atoms with van der Waals surface area (Å²) in [7, 11) is 3.26. The molecule has 0 radical (unpaired) electrons. The topological polar surface area (TPSA) is 43.8 Å². The Hall–Kier alpha value is -1.81. The van der Waals surface area contributed by atoms with Crippen molar-refractivity contribution in [2.75, 3.05) is 14.1 Å². The Kier molecular flexibility index (Phi) is 4.50. The Bertz CT molecular complexity index is 447. The average molecular weight is 248 g/mol. The van der Waals surface area contributed by atoms with Gasteiger partial charge in [-0.1, -0.05) is 30.4 Å². The van der Waals surface area contributed by atoms with Crippen LogP contribution in [-0.4, -0.2) is 41.3 Å². The van der Waals surface area contributed by atoms with Crippen molar-refractivity contribution in [1.29, 1.82) is 0 Å². The molecule has 2 amide bonds. The van der Waals surface area contributed by atoms with Crippen LogP contribution in [0.3, 0.4) is 0 Å². The lowest BCUT2D eigenvalue weighted by Gasteiger charge is -2.34. The lowest BCUT2D eigenvalue weighted by atomic mass is 10.1. The van der Waals surface area contributed by atoms with Crippen LogP contribution in [0.4, 0.5) is 4.79 Å². The number of aliphatic hydroxyl groups is 1. The SMILES string of the molecule is C=C/C(C)=C\C=C(/C)C1=CC(O)N(C)C(=O)N1C. The van der Waals surface area contributed by atoms with Crippen molar-refractivity contribution in [1.82, 2.24) is 9.80 Å². The molecule has 1 aliphatic heterocycles. The minimum atomic E-state index is -0.878. The molecular weight excluding hydrogens is 228 g/mol. The quantitative estimate of drug-likeness (QED) is 0.779. The van der Waals surface area contributed by atoms with Crippen LogP contribution < -0.4 is 0 Å². The summed E-state index contributed by atoms with van der Waals surface area (Å²) in [6.45, 7) is 7.53. The molecule has 4 nitrogen and oxygen atoms in total. The molecule has 1 atom stereocenters. The fourth-order valence-electron chi connectivity index (χ4n) is 1.62. The third-order valence-electron chi connectivity index (χ3n) is 2.98. The summed E-state index contributed by atoms with van der Waals surface area (Å²) in [6, 6.07) is -0.225. The predicted octanol–water partition coefficient (Wildman–Crippen LogP) is 2.26. The molecule has 1 rings (SSSR count). The lowest BCUT2D eigenvalue weighted by Crippen LogP contribution is -2.47. The van der Waals surface area contributed by atoms with Crippen molar-refractivity contribution in [3.63, 3.8) is 0 Å². The molecule has 0 aromatic carbocycles. The average Bonchev–Trinajstić information content (AvgIpc) is 2.37. The Morgan fingerprint density at radius 3 is 2.56 bits per heavy atom. The zero-order chi connectivity index (χ0) is 13.9. The van der Waals surface area contributed by atoms with E-state index in [1.807, 2.05) is 26.0 Å². The molecule has 0 saturated carbocycles. The van der Waals surface area contributed by atoms with Gasteiger partial charge in [0.2, 0.25) is 0 Å². The third-order valence-corrected chi connectivity index (χ3v) is 2.98. The Labute approximate surface area is 108 Å². The number of hydrogen-bond donors (Lipinski definition) is 1. The monoisotopic (exact) mass is 248 g/mol. The molecule has 4 heteroatoms. The van der Waals surface area contributed by atoms with Gasteiger partial charge >= 0.3 is 6.03 Å². The summed E-state index contributed by atoms with van der Waals surface area (Å²) in [5.41, 5.74) is 2.68. The van der Waals surface area contributed by atoms with Crippen LogP contribution in [0.5, 0.6) is 0 Å². The summed E-state index contributed by atoms with van der Waals surface area (Å²) in [5, 5.41) is 9.75. The van der Waals surface area contributed by atoms with E-state index in [1.165, 1.54) is 9.80 Å². The fourth-order valence-corrected chi connectivity index (χ4v) is 1.62. The number of likely N-dealkylation sites (N-methyl/N-ethyl adjacent to an activating group) is 2. The molecule has 0 aromatic rings. The highest BCUT2D eigenvalue weighted by molar-refractivity contribution is 5.78. The second kappa shape index (κ2) is 5.69. The number of carbonyl (C=O) groups excluding carboxylic acids is 1. The van der Waals surface area contributed by atoms with Crippen LogP contribution in [0.25, 0.3) is 0 Å². The number of carbonyl (C=O) groups is 1. The number of aliphatic hydroxyl groups excluding tert-OH is 1. The van der Waals surface area contributed by atoms with E-state index in [0.717, 1.165) is 16.8 Å². The second-order valence-corrected chi connectivity index (χ2v) is 4.38. The Balaban J connectivity index is 3.05. The van der Waals surface area contributed by atoms with Crippen molar-refractivity contribution in [3.05, 3.63) is 47.7 Å². The molecule has 1 N–H and O–H groups in total. The maximum Gasteiger partial charge on any atom is 0.326 e. The largest absolute Gasteiger partial charge is 0.370 e. The zero-order valence-electron chi connectivity index (χ0n) is 11.3. The van der Waals surface area contributed by atoms with Gasteiger partial charge in [-0.05, 0) is 25.5 Å². The molecule has 0 fully saturated rings. The molecule has 0 spiro atoms. The first-order valence-electron chi connectivity index (χ1n) is 5.77. The van der Waals surface area contributed by atoms with E-state index in [2.05, 4.69) is 6.58 Å². The lowest BCUT2D eigenvalue weighted by molar-refractivity contribution is 0.0624. The van der Waals surface area contributed by atoms with Crippen LogP contribution in [0.15, 0.2) is 47.7 Å². The van der Waals surface area contributed by atoms with Crippen molar-refractivity contribution in [3.8, 4) is 0 Å². The highest BCUT2D eigenvalue weighted by atomic mass is 16.3. The first-order chi connectivity index (χ1) is 8.38. The first kappa shape index (κ1) is 14.3. The highest BCUT2D eigenvalue weighted by Gasteiger charge is 2.28. The van der Waals surface area contributed by atoms with Crippen LogP contribution >= 0.6 is 0 Å². The van der Waals surface area contributed by atoms with Gasteiger partial charge in [0.1, 0.15) is 0 Å². The smallest absolute Gasteiger partial charge is 0.326 e. The Morgan fingerprint density at radius 1 is 1.39 bits per heavy atom. The molecule has 1 unspecified atom stereocenters. The number of hydrogen-bond acceptors (Lipinski definition) is 2. The van der Waals surface area contributed by atoms with E-state index in [4.69, 9.17) is 0 Å². The van der Waals surface area contributed by atoms with Gasteiger partial charge in [0.25, 0.3) is 0 Å². The van der Waals surface area contributed by atoms with Crippen molar-refractivity contribution in [2.45, 2.75) is 20.1 Å². The maximum absolute atomic E-state index is 11.8. The standard InChI is InChI=1S/C14H20N2O2/c1-6-10(2)7-8-11(3)12-9-13(17)16(5)14(18)15(12)4/h6-9,13,17H,1H2,2-5H3/b10-7-,11-8+. The number of amides is 2. The van der Waals surface area contributed by atoms with Gasteiger partial charge in [-0.15, -0.1) is 0 Å². The first-order valence-corrected chi connectivity index (χ1v) is 5.77. The number of rotatable bonds is 3. The van der Waals surface area contributed by atoms with Gasteiger partial charge in [-0.3, -0.25) is 9.80 Å². The van der Waals surface area contributed by atoms with Crippen molar-refractivity contribution >= 4 is 6.03 Å². The normalized spacial score (nSPS) is 22.2. The maximum atomic E-state index is 11.8. The van der Waals surface area contributed by atoms with Gasteiger partial charge in [-0.2, -0.15) is 0 Å². The van der Waals surface area contributed by atoms with E-state index in [9.17, 15) is 9.90 Å². The summed E-state index contributed by atoms with van der Waals surface area (Å²) in [4.78, 5) is 14.6. The van der Waals surface area contributed by atoms with E-state index < -0.39 is 6.23 Å². The molecule has 1 aliphatic rings. The number of urea groups is 1. The number of nitrogens with zero attached hydrogens (tertiary/aromatic N) is 2. The predicted molar refractivity (Wildman–Crippen MR) is 72.7 cm³/mol. The van der Waals surface area contributed by atoms with E-state index in [1.54, 1.807) is 26.2 Å². The van der Waals surface area contributed by atoms with Gasteiger partial charge in [-0.25, -0.2) is 4.79 Å². The van der Waals surface area contributed by atoms with Gasteiger partial charge in [0.05, 0.1) is 0 Å². The van der Waals surface area contributed by atoms with E-state index in [-0.39, 0.29) is 6.03 Å². The molecule has 0 bridgehead atoms. The Morgan fingerprint density at radius 2 is 2.00 bits per heavy atom. The highest BCUT2D eigenvalue weighted by Crippen LogP contribution is 2.21. The minimum Gasteiger partial charge on any atom is -0.370 e. The van der Waals surface area contributed by atoms with Crippen LogP contribution in [0, 0.1) is 0 Å². The van der Waals surface area contributed by atoms with E-state index in [0.29, 0.717) is 0 Å². The summed E-state index contributed by atoms with van der Waals surface area (Å²) < 4.78 is 0. The van der Waals surface area contributed by atoms with Gasteiger partial charge in [0, 0.05) is 19.8 Å². The molecule has 1 heterocycles. The summed E-state index contributed by atoms with van der Waals surface area (Å²) in [6.07, 6.45) is 6.37. The molecule has 0 aromatic heterocycles. The molecule has 18 heavy (non-hydrogen) atoms. The van der Waals surface area contributed by atoms with Crippen molar-refractivity contribution < 1.29 is 9.90 Å². The fraction of sp³-hybridized carbons (Fsp3) is 0.357. The van der Waals surface area contributed by atoms with E-state index >= 15 is 0 Å². The zero-order valence-corrected chi connectivity index (χ0v) is 11.3. The van der Waals surface area contributed by atoms with Gasteiger partial charge < -0.3 is 5.11 Å². The number of allylic oxidation sites excluding steroid dienone is 5.